The van der Waals surface area contributed by atoms with Gasteiger partial charge in [-0.3, -0.25) is 14.7 Å². The van der Waals surface area contributed by atoms with E-state index in [0.717, 1.165) is 49.2 Å². The number of carbonyl (C=O) groups excluding carboxylic acids is 1. The number of nitrogens with zero attached hydrogens (tertiary/aromatic N) is 3. The lowest BCUT2D eigenvalue weighted by Crippen LogP contribution is -2.44. The van der Waals surface area contributed by atoms with Crippen LogP contribution < -0.4 is 10.6 Å². The van der Waals surface area contributed by atoms with E-state index in [1.807, 2.05) is 18.2 Å². The molecule has 0 bridgehead atoms. The number of amides is 1. The Hall–Kier alpha value is -1.35. The van der Waals surface area contributed by atoms with Gasteiger partial charge in [-0.25, -0.2) is 0 Å². The summed E-state index contributed by atoms with van der Waals surface area (Å²) >= 11 is 0. The average Bonchev–Trinajstić information content (AvgIpc) is 3.47. The number of hydrogen-bond acceptors (Lipinski definition) is 3. The van der Waals surface area contributed by atoms with Crippen molar-refractivity contribution in [1.82, 2.24) is 20.4 Å². The first kappa shape index (κ1) is 24.7. The molecule has 1 saturated carbocycles. The van der Waals surface area contributed by atoms with Crippen molar-refractivity contribution in [2.24, 2.45) is 4.99 Å². The lowest BCUT2D eigenvalue weighted by Gasteiger charge is -2.26. The molecule has 1 aliphatic rings. The molecule has 2 rings (SSSR count). The average molecular weight is 501 g/mol. The standard InChI is InChI=1S/C21H35N5O.HI/c1-16(2)26(19-9-10-19)14-13-24-21(22-3)23-12-11-17-7-6-8-18(15-17)20(27)25(4)5;/h6-8,15-16,19H,9-14H2,1-5H3,(H2,22,23,24);1H. The summed E-state index contributed by atoms with van der Waals surface area (Å²) in [5, 5.41) is 6.77. The SMILES string of the molecule is CN=C(NCCc1cccc(C(=O)N(C)C)c1)NCCN(C(C)C)C1CC1.I. The zero-order valence-corrected chi connectivity index (χ0v) is 20.2. The highest BCUT2D eigenvalue weighted by molar-refractivity contribution is 14.0. The van der Waals surface area contributed by atoms with Crippen LogP contribution in [0.1, 0.15) is 42.6 Å². The third-order valence-electron chi connectivity index (χ3n) is 4.85. The second kappa shape index (κ2) is 12.3. The first-order chi connectivity index (χ1) is 12.9. The number of benzene rings is 1. The molecule has 0 radical (unpaired) electrons. The molecule has 1 amide bonds. The fraction of sp³-hybridized carbons (Fsp3) is 0.619. The quantitative estimate of drug-likeness (QED) is 0.310. The first-order valence-electron chi connectivity index (χ1n) is 9.93. The minimum absolute atomic E-state index is 0. The maximum Gasteiger partial charge on any atom is 0.253 e. The molecule has 0 unspecified atom stereocenters. The van der Waals surface area contributed by atoms with E-state index in [9.17, 15) is 4.79 Å². The molecule has 2 N–H and O–H groups in total. The highest BCUT2D eigenvalue weighted by atomic mass is 127. The van der Waals surface area contributed by atoms with Gasteiger partial charge in [-0.1, -0.05) is 12.1 Å². The predicted molar refractivity (Wildman–Crippen MR) is 128 cm³/mol. The van der Waals surface area contributed by atoms with Crippen molar-refractivity contribution >= 4 is 35.8 Å². The van der Waals surface area contributed by atoms with E-state index in [4.69, 9.17) is 0 Å². The highest BCUT2D eigenvalue weighted by Gasteiger charge is 2.30. The summed E-state index contributed by atoms with van der Waals surface area (Å²) in [7, 11) is 5.35. The Kier molecular flexibility index (Phi) is 10.8. The van der Waals surface area contributed by atoms with Gasteiger partial charge in [-0.15, -0.1) is 24.0 Å². The van der Waals surface area contributed by atoms with E-state index in [1.54, 1.807) is 26.0 Å². The number of halogens is 1. The molecular weight excluding hydrogens is 465 g/mol. The van der Waals surface area contributed by atoms with E-state index < -0.39 is 0 Å². The van der Waals surface area contributed by atoms with E-state index in [-0.39, 0.29) is 29.9 Å². The lowest BCUT2D eigenvalue weighted by atomic mass is 10.1. The summed E-state index contributed by atoms with van der Waals surface area (Å²) in [6, 6.07) is 9.19. The van der Waals surface area contributed by atoms with Crippen LogP contribution in [-0.2, 0) is 6.42 Å². The number of aliphatic imine (C=N–C) groups is 1. The molecule has 1 aliphatic carbocycles. The Labute approximate surface area is 187 Å². The number of hydrogen-bond donors (Lipinski definition) is 2. The van der Waals surface area contributed by atoms with Gasteiger partial charge in [-0.05, 0) is 50.8 Å². The molecule has 0 aliphatic heterocycles. The largest absolute Gasteiger partial charge is 0.356 e. The Balaban J connectivity index is 0.00000392. The topological polar surface area (TPSA) is 60.0 Å². The maximum absolute atomic E-state index is 12.1. The molecule has 0 aromatic heterocycles. The van der Waals surface area contributed by atoms with Gasteiger partial charge < -0.3 is 15.5 Å². The Morgan fingerprint density at radius 1 is 1.21 bits per heavy atom. The molecule has 0 heterocycles. The minimum Gasteiger partial charge on any atom is -0.356 e. The molecule has 28 heavy (non-hydrogen) atoms. The van der Waals surface area contributed by atoms with Gasteiger partial charge in [0.15, 0.2) is 5.96 Å². The Morgan fingerprint density at radius 2 is 1.89 bits per heavy atom. The monoisotopic (exact) mass is 501 g/mol. The van der Waals surface area contributed by atoms with Crippen molar-refractivity contribution in [3.05, 3.63) is 35.4 Å². The van der Waals surface area contributed by atoms with Crippen LogP contribution in [0.25, 0.3) is 0 Å². The fourth-order valence-electron chi connectivity index (χ4n) is 3.24. The second-order valence-electron chi connectivity index (χ2n) is 7.64. The molecule has 0 saturated heterocycles. The molecule has 0 spiro atoms. The number of carbonyl (C=O) groups is 1. The number of rotatable bonds is 9. The predicted octanol–water partition coefficient (Wildman–Crippen LogP) is 2.59. The summed E-state index contributed by atoms with van der Waals surface area (Å²) in [5.41, 5.74) is 1.87. The molecule has 0 atom stereocenters. The van der Waals surface area contributed by atoms with Gasteiger partial charge in [0, 0.05) is 58.4 Å². The van der Waals surface area contributed by atoms with Crippen LogP contribution in [0.15, 0.2) is 29.3 Å². The van der Waals surface area contributed by atoms with Crippen molar-refractivity contribution < 1.29 is 4.79 Å². The van der Waals surface area contributed by atoms with E-state index in [0.29, 0.717) is 6.04 Å². The van der Waals surface area contributed by atoms with Crippen molar-refractivity contribution in [2.45, 2.75) is 45.2 Å². The second-order valence-corrected chi connectivity index (χ2v) is 7.64. The van der Waals surface area contributed by atoms with Crippen LogP contribution in [0.2, 0.25) is 0 Å². The molecule has 6 nitrogen and oxygen atoms in total. The number of guanidine groups is 1. The summed E-state index contributed by atoms with van der Waals surface area (Å²) in [5.74, 6) is 0.864. The highest BCUT2D eigenvalue weighted by Crippen LogP contribution is 2.27. The van der Waals surface area contributed by atoms with Gasteiger partial charge >= 0.3 is 0 Å². The minimum atomic E-state index is 0. The van der Waals surface area contributed by atoms with Crippen molar-refractivity contribution in [1.29, 1.82) is 0 Å². The molecule has 7 heteroatoms. The summed E-state index contributed by atoms with van der Waals surface area (Å²) in [4.78, 5) is 20.5. The van der Waals surface area contributed by atoms with Crippen molar-refractivity contribution in [3.8, 4) is 0 Å². The van der Waals surface area contributed by atoms with Crippen molar-refractivity contribution in [2.75, 3.05) is 40.8 Å². The van der Waals surface area contributed by atoms with Gasteiger partial charge in [0.25, 0.3) is 5.91 Å². The Morgan fingerprint density at radius 3 is 2.46 bits per heavy atom. The maximum atomic E-state index is 12.1. The smallest absolute Gasteiger partial charge is 0.253 e. The first-order valence-corrected chi connectivity index (χ1v) is 9.93. The van der Waals surface area contributed by atoms with Crippen LogP contribution in [0.4, 0.5) is 0 Å². The van der Waals surface area contributed by atoms with Crippen LogP contribution in [0.3, 0.4) is 0 Å². The molecule has 1 fully saturated rings. The Bertz CT molecular complexity index is 641. The van der Waals surface area contributed by atoms with Crippen LogP contribution in [-0.4, -0.2) is 74.5 Å². The third-order valence-corrected chi connectivity index (χ3v) is 4.85. The summed E-state index contributed by atoms with van der Waals surface area (Å²) in [6.07, 6.45) is 3.51. The third kappa shape index (κ3) is 7.95. The van der Waals surface area contributed by atoms with E-state index in [1.165, 1.54) is 12.8 Å². The van der Waals surface area contributed by atoms with Crippen LogP contribution >= 0.6 is 24.0 Å². The zero-order valence-electron chi connectivity index (χ0n) is 17.9. The van der Waals surface area contributed by atoms with Gasteiger partial charge in [0.2, 0.25) is 0 Å². The van der Waals surface area contributed by atoms with Gasteiger partial charge in [-0.2, -0.15) is 0 Å². The van der Waals surface area contributed by atoms with Crippen molar-refractivity contribution in [3.63, 3.8) is 0 Å². The summed E-state index contributed by atoms with van der Waals surface area (Å²) in [6.45, 7) is 7.23. The number of nitrogens with one attached hydrogen (secondary N) is 2. The molecular formula is C21H36IN5O. The van der Waals surface area contributed by atoms with Gasteiger partial charge in [0.05, 0.1) is 0 Å². The lowest BCUT2D eigenvalue weighted by molar-refractivity contribution is 0.0827. The van der Waals surface area contributed by atoms with Gasteiger partial charge in [0.1, 0.15) is 0 Å². The van der Waals surface area contributed by atoms with E-state index in [2.05, 4.69) is 40.4 Å². The molecule has 158 valence electrons. The molecule has 1 aromatic carbocycles. The van der Waals surface area contributed by atoms with Crippen LogP contribution in [0.5, 0.6) is 0 Å². The zero-order chi connectivity index (χ0) is 19.8. The van der Waals surface area contributed by atoms with E-state index >= 15 is 0 Å². The summed E-state index contributed by atoms with van der Waals surface area (Å²) < 4.78 is 0. The fourth-order valence-corrected chi connectivity index (χ4v) is 3.24. The normalized spacial score (nSPS) is 14.0. The molecule has 1 aromatic rings. The van der Waals surface area contributed by atoms with Crippen LogP contribution in [0, 0.1) is 0 Å².